The van der Waals surface area contributed by atoms with E-state index in [9.17, 15) is 4.79 Å². The normalized spacial score (nSPS) is 20.2. The highest BCUT2D eigenvalue weighted by Crippen LogP contribution is 2.29. The van der Waals surface area contributed by atoms with Crippen molar-refractivity contribution in [2.24, 2.45) is 5.92 Å². The molecular formula is C18H31N5O. The highest BCUT2D eigenvalue weighted by molar-refractivity contribution is 5.76. The zero-order valence-corrected chi connectivity index (χ0v) is 14.8. The zero-order chi connectivity index (χ0) is 16.6. The Kier molecular flexibility index (Phi) is 6.61. The summed E-state index contributed by atoms with van der Waals surface area (Å²) in [5.74, 6) is 1.84. The molecule has 24 heavy (non-hydrogen) atoms. The van der Waals surface area contributed by atoms with Crippen LogP contribution in [0.2, 0.25) is 0 Å². The Bertz CT molecular complexity index is 478. The van der Waals surface area contributed by atoms with E-state index in [0.717, 1.165) is 25.2 Å². The summed E-state index contributed by atoms with van der Waals surface area (Å²) >= 11 is 0. The number of tetrazole rings is 1. The molecule has 0 atom stereocenters. The van der Waals surface area contributed by atoms with Gasteiger partial charge in [0.2, 0.25) is 5.91 Å². The highest BCUT2D eigenvalue weighted by Gasteiger charge is 2.26. The van der Waals surface area contributed by atoms with Crippen molar-refractivity contribution in [1.82, 2.24) is 25.5 Å². The molecule has 6 nitrogen and oxygen atoms in total. The molecule has 0 radical (unpaired) electrons. The van der Waals surface area contributed by atoms with Crippen LogP contribution in [0.4, 0.5) is 0 Å². The summed E-state index contributed by atoms with van der Waals surface area (Å²) in [4.78, 5) is 14.9. The first-order valence-electron chi connectivity index (χ1n) is 9.85. The van der Waals surface area contributed by atoms with Crippen LogP contribution in [0.5, 0.6) is 0 Å². The van der Waals surface area contributed by atoms with Gasteiger partial charge < -0.3 is 4.90 Å². The van der Waals surface area contributed by atoms with Crippen molar-refractivity contribution in [3.8, 4) is 0 Å². The molecule has 1 amide bonds. The third-order valence-electron chi connectivity index (χ3n) is 5.77. The maximum atomic E-state index is 12.9. The van der Waals surface area contributed by atoms with Crippen molar-refractivity contribution in [1.29, 1.82) is 0 Å². The Hall–Kier alpha value is -1.46. The van der Waals surface area contributed by atoms with Gasteiger partial charge in [0.25, 0.3) is 0 Å². The topological polar surface area (TPSA) is 74.8 Å². The first-order chi connectivity index (χ1) is 11.8. The minimum absolute atomic E-state index is 0.286. The predicted octanol–water partition coefficient (Wildman–Crippen LogP) is 3.61. The van der Waals surface area contributed by atoms with Gasteiger partial charge in [-0.2, -0.15) is 0 Å². The maximum absolute atomic E-state index is 12.9. The second kappa shape index (κ2) is 9.14. The SMILES string of the molecule is O=C(CCCC1CCCCC1)N(Cc1nnn[nH]1)C1CCCCC1. The number of nitrogens with zero attached hydrogens (tertiary/aromatic N) is 4. The third-order valence-corrected chi connectivity index (χ3v) is 5.77. The summed E-state index contributed by atoms with van der Waals surface area (Å²) in [6, 6.07) is 0.367. The molecule has 0 spiro atoms. The summed E-state index contributed by atoms with van der Waals surface area (Å²) in [5.41, 5.74) is 0. The molecule has 2 fully saturated rings. The van der Waals surface area contributed by atoms with Gasteiger partial charge in [0.1, 0.15) is 0 Å². The molecule has 0 aromatic carbocycles. The van der Waals surface area contributed by atoms with Crippen molar-refractivity contribution in [2.75, 3.05) is 0 Å². The van der Waals surface area contributed by atoms with E-state index in [1.54, 1.807) is 0 Å². The van der Waals surface area contributed by atoms with E-state index in [4.69, 9.17) is 0 Å². The van der Waals surface area contributed by atoms with Crippen LogP contribution in [-0.2, 0) is 11.3 Å². The molecule has 134 valence electrons. The van der Waals surface area contributed by atoms with Crippen molar-refractivity contribution < 1.29 is 4.79 Å². The molecule has 3 rings (SSSR count). The first kappa shape index (κ1) is 17.4. The molecule has 1 aromatic heterocycles. The van der Waals surface area contributed by atoms with Gasteiger partial charge in [-0.05, 0) is 42.0 Å². The average Bonchev–Trinajstić information content (AvgIpc) is 3.14. The quantitative estimate of drug-likeness (QED) is 0.827. The van der Waals surface area contributed by atoms with E-state index in [1.807, 2.05) is 4.90 Å². The number of H-pyrrole nitrogens is 1. The highest BCUT2D eigenvalue weighted by atomic mass is 16.2. The Balaban J connectivity index is 1.51. The van der Waals surface area contributed by atoms with Gasteiger partial charge in [-0.1, -0.05) is 51.4 Å². The number of hydrogen-bond donors (Lipinski definition) is 1. The lowest BCUT2D eigenvalue weighted by atomic mass is 9.85. The fraction of sp³-hybridized carbons (Fsp3) is 0.889. The van der Waals surface area contributed by atoms with Crippen molar-refractivity contribution in [2.45, 2.75) is 96.1 Å². The lowest BCUT2D eigenvalue weighted by Crippen LogP contribution is -2.41. The Morgan fingerprint density at radius 3 is 2.42 bits per heavy atom. The number of hydrogen-bond acceptors (Lipinski definition) is 4. The molecule has 2 aliphatic carbocycles. The van der Waals surface area contributed by atoms with E-state index in [0.29, 0.717) is 24.8 Å². The average molecular weight is 333 g/mol. The molecule has 1 aromatic rings. The fourth-order valence-electron chi connectivity index (χ4n) is 4.38. The number of carbonyl (C=O) groups is 1. The fourth-order valence-corrected chi connectivity index (χ4v) is 4.38. The molecular weight excluding hydrogens is 302 g/mol. The minimum atomic E-state index is 0.286. The lowest BCUT2D eigenvalue weighted by Gasteiger charge is -2.34. The van der Waals surface area contributed by atoms with Crippen LogP contribution in [0, 0.1) is 5.92 Å². The van der Waals surface area contributed by atoms with Crippen LogP contribution in [0.15, 0.2) is 0 Å². The number of aromatic amines is 1. The molecule has 0 aliphatic heterocycles. The largest absolute Gasteiger partial charge is 0.332 e. The molecule has 6 heteroatoms. The molecule has 0 saturated heterocycles. The van der Waals surface area contributed by atoms with Gasteiger partial charge >= 0.3 is 0 Å². The van der Waals surface area contributed by atoms with Crippen LogP contribution in [0.1, 0.15) is 89.3 Å². The number of aromatic nitrogens is 4. The van der Waals surface area contributed by atoms with Crippen LogP contribution < -0.4 is 0 Å². The second-order valence-electron chi connectivity index (χ2n) is 7.56. The lowest BCUT2D eigenvalue weighted by molar-refractivity contribution is -0.135. The number of rotatable bonds is 7. The van der Waals surface area contributed by atoms with Gasteiger partial charge in [-0.25, -0.2) is 5.10 Å². The van der Waals surface area contributed by atoms with Crippen molar-refractivity contribution in [3.63, 3.8) is 0 Å². The molecule has 0 unspecified atom stereocenters. The number of carbonyl (C=O) groups excluding carboxylic acids is 1. The summed E-state index contributed by atoms with van der Waals surface area (Å²) in [5, 5.41) is 14.1. The Morgan fingerprint density at radius 2 is 1.75 bits per heavy atom. The molecule has 2 aliphatic rings. The van der Waals surface area contributed by atoms with E-state index < -0.39 is 0 Å². The number of nitrogens with one attached hydrogen (secondary N) is 1. The third kappa shape index (κ3) is 5.02. The van der Waals surface area contributed by atoms with Crippen LogP contribution in [-0.4, -0.2) is 37.5 Å². The minimum Gasteiger partial charge on any atom is -0.332 e. The van der Waals surface area contributed by atoms with E-state index in [-0.39, 0.29) is 5.91 Å². The van der Waals surface area contributed by atoms with E-state index in [2.05, 4.69) is 20.6 Å². The van der Waals surface area contributed by atoms with Gasteiger partial charge in [0.15, 0.2) is 5.82 Å². The second-order valence-corrected chi connectivity index (χ2v) is 7.56. The first-order valence-corrected chi connectivity index (χ1v) is 9.85. The monoisotopic (exact) mass is 333 g/mol. The summed E-state index contributed by atoms with van der Waals surface area (Å²) < 4.78 is 0. The smallest absolute Gasteiger partial charge is 0.223 e. The zero-order valence-electron chi connectivity index (χ0n) is 14.8. The van der Waals surface area contributed by atoms with Gasteiger partial charge in [0.05, 0.1) is 6.54 Å². The van der Waals surface area contributed by atoms with Gasteiger partial charge in [-0.3, -0.25) is 4.79 Å². The number of amides is 1. The Labute approximate surface area is 144 Å². The van der Waals surface area contributed by atoms with Crippen molar-refractivity contribution >= 4 is 5.91 Å². The van der Waals surface area contributed by atoms with Gasteiger partial charge in [0, 0.05) is 12.5 Å². The van der Waals surface area contributed by atoms with E-state index >= 15 is 0 Å². The molecule has 0 bridgehead atoms. The van der Waals surface area contributed by atoms with Crippen LogP contribution in [0.25, 0.3) is 0 Å². The van der Waals surface area contributed by atoms with Crippen LogP contribution in [0.3, 0.4) is 0 Å². The molecule has 2 saturated carbocycles. The van der Waals surface area contributed by atoms with Crippen LogP contribution >= 0.6 is 0 Å². The van der Waals surface area contributed by atoms with Gasteiger partial charge in [-0.15, -0.1) is 5.10 Å². The predicted molar refractivity (Wildman–Crippen MR) is 92.0 cm³/mol. The standard InChI is InChI=1S/C18H31N5O/c24-18(13-7-10-15-8-3-1-4-9-15)23(14-17-19-21-22-20-17)16-11-5-2-6-12-16/h15-16H,1-14H2,(H,19,20,21,22). The summed E-state index contributed by atoms with van der Waals surface area (Å²) in [6.45, 7) is 0.528. The van der Waals surface area contributed by atoms with Crippen molar-refractivity contribution in [3.05, 3.63) is 5.82 Å². The maximum Gasteiger partial charge on any atom is 0.223 e. The summed E-state index contributed by atoms with van der Waals surface area (Å²) in [6.07, 6.45) is 15.8. The summed E-state index contributed by atoms with van der Waals surface area (Å²) in [7, 11) is 0. The molecule has 1 N–H and O–H groups in total. The van der Waals surface area contributed by atoms with E-state index in [1.165, 1.54) is 57.8 Å². The molecule has 1 heterocycles. The Morgan fingerprint density at radius 1 is 1.04 bits per heavy atom.